The summed E-state index contributed by atoms with van der Waals surface area (Å²) >= 11 is 0. The van der Waals surface area contributed by atoms with Gasteiger partial charge in [-0.15, -0.1) is 0 Å². The third kappa shape index (κ3) is 6.58. The number of hydrogen-bond donors (Lipinski definition) is 3. The summed E-state index contributed by atoms with van der Waals surface area (Å²) in [6, 6.07) is 23.6. The molecule has 1 amide bonds. The number of nitrogens with two attached hydrogens (primary N) is 2. The van der Waals surface area contributed by atoms with Gasteiger partial charge in [-0.05, 0) is 54.3 Å². The van der Waals surface area contributed by atoms with Gasteiger partial charge in [0.1, 0.15) is 12.4 Å². The van der Waals surface area contributed by atoms with Gasteiger partial charge < -0.3 is 21.5 Å². The highest BCUT2D eigenvalue weighted by Gasteiger charge is 2.19. The van der Waals surface area contributed by atoms with E-state index in [9.17, 15) is 4.79 Å². The predicted molar refractivity (Wildman–Crippen MR) is 122 cm³/mol. The van der Waals surface area contributed by atoms with E-state index in [4.69, 9.17) is 16.2 Å². The Morgan fingerprint density at radius 3 is 2.43 bits per heavy atom. The number of amides is 1. The topological polar surface area (TPSA) is 90.4 Å². The smallest absolute Gasteiger partial charge is 0.237 e. The fourth-order valence-corrected chi connectivity index (χ4v) is 3.45. The highest BCUT2D eigenvalue weighted by molar-refractivity contribution is 5.83. The summed E-state index contributed by atoms with van der Waals surface area (Å²) in [5.41, 5.74) is 12.7. The Hall–Kier alpha value is -2.89. The largest absolute Gasteiger partial charge is 0.491 e. The minimum absolute atomic E-state index is 0.143. The minimum Gasteiger partial charge on any atom is -0.491 e. The van der Waals surface area contributed by atoms with Gasteiger partial charge in [0.2, 0.25) is 5.91 Å². The average molecular weight is 406 g/mol. The molecule has 0 aliphatic rings. The molecule has 5 nitrogen and oxygen atoms in total. The Morgan fingerprint density at radius 1 is 0.933 bits per heavy atom. The molecule has 3 aromatic carbocycles. The Labute approximate surface area is 178 Å². The molecule has 0 radical (unpaired) electrons. The fourth-order valence-electron chi connectivity index (χ4n) is 3.45. The van der Waals surface area contributed by atoms with Crippen LogP contribution in [0.2, 0.25) is 0 Å². The molecule has 0 bridgehead atoms. The molecule has 158 valence electrons. The Balaban J connectivity index is 1.64. The van der Waals surface area contributed by atoms with Crippen LogP contribution in [-0.2, 0) is 11.2 Å². The summed E-state index contributed by atoms with van der Waals surface area (Å²) < 4.78 is 6.06. The molecule has 0 saturated carbocycles. The van der Waals surface area contributed by atoms with Gasteiger partial charge in [-0.25, -0.2) is 0 Å². The monoisotopic (exact) mass is 405 g/mol. The van der Waals surface area contributed by atoms with Crippen molar-refractivity contribution >= 4 is 16.7 Å². The van der Waals surface area contributed by atoms with Crippen LogP contribution in [0.5, 0.6) is 5.75 Å². The maximum absolute atomic E-state index is 12.6. The summed E-state index contributed by atoms with van der Waals surface area (Å²) in [5, 5.41) is 5.37. The number of carbonyl (C=O) groups excluding carboxylic acids is 1. The molecule has 0 heterocycles. The first-order valence-corrected chi connectivity index (χ1v) is 10.6. The predicted octanol–water partition coefficient (Wildman–Crippen LogP) is 3.40. The molecule has 0 aliphatic heterocycles. The lowest BCUT2D eigenvalue weighted by atomic mass is 10.0. The van der Waals surface area contributed by atoms with E-state index in [1.54, 1.807) is 0 Å². The molecule has 3 aromatic rings. The Kier molecular flexibility index (Phi) is 8.24. The number of nitrogens with one attached hydrogen (secondary N) is 1. The fraction of sp³-hybridized carbons (Fsp3) is 0.320. The molecule has 0 aliphatic carbocycles. The lowest BCUT2D eigenvalue weighted by Gasteiger charge is -2.22. The molecule has 30 heavy (non-hydrogen) atoms. The van der Waals surface area contributed by atoms with E-state index in [1.165, 1.54) is 5.39 Å². The Bertz CT molecular complexity index is 930. The van der Waals surface area contributed by atoms with Gasteiger partial charge in [0, 0.05) is 0 Å². The molecule has 0 unspecified atom stereocenters. The van der Waals surface area contributed by atoms with Crippen LogP contribution in [0.1, 0.15) is 24.8 Å². The molecule has 5 N–H and O–H groups in total. The number of rotatable bonds is 11. The second kappa shape index (κ2) is 11.3. The van der Waals surface area contributed by atoms with Crippen molar-refractivity contribution in [3.63, 3.8) is 0 Å². The van der Waals surface area contributed by atoms with Gasteiger partial charge >= 0.3 is 0 Å². The molecule has 2 atom stereocenters. The van der Waals surface area contributed by atoms with Crippen LogP contribution in [-0.4, -0.2) is 31.1 Å². The quantitative estimate of drug-likeness (QED) is 0.427. The van der Waals surface area contributed by atoms with Gasteiger partial charge in [-0.3, -0.25) is 4.79 Å². The second-order valence-electron chi connectivity index (χ2n) is 7.61. The maximum Gasteiger partial charge on any atom is 0.237 e. The zero-order chi connectivity index (χ0) is 21.2. The van der Waals surface area contributed by atoms with E-state index in [0.717, 1.165) is 29.5 Å². The summed E-state index contributed by atoms with van der Waals surface area (Å²) in [5.74, 6) is 0.642. The Morgan fingerprint density at radius 2 is 1.67 bits per heavy atom. The summed E-state index contributed by atoms with van der Waals surface area (Å²) in [7, 11) is 0. The van der Waals surface area contributed by atoms with Crippen LogP contribution in [0, 0.1) is 0 Å². The summed E-state index contributed by atoms with van der Waals surface area (Å²) in [4.78, 5) is 12.6. The van der Waals surface area contributed by atoms with Crippen molar-refractivity contribution < 1.29 is 9.53 Å². The first-order chi connectivity index (χ1) is 14.7. The number of fused-ring (bicyclic) bond motifs is 1. The lowest BCUT2D eigenvalue weighted by molar-refractivity contribution is -0.123. The van der Waals surface area contributed by atoms with E-state index in [-0.39, 0.29) is 11.9 Å². The van der Waals surface area contributed by atoms with Crippen LogP contribution >= 0.6 is 0 Å². The SMILES string of the molecule is NCCCC[C@@H](N)C(=O)N[C@@H](COc1ccc2ccccc2c1)Cc1ccccc1. The highest BCUT2D eigenvalue weighted by atomic mass is 16.5. The van der Waals surface area contributed by atoms with Crippen LogP contribution in [0.4, 0.5) is 0 Å². The third-order valence-electron chi connectivity index (χ3n) is 5.15. The lowest BCUT2D eigenvalue weighted by Crippen LogP contribution is -2.48. The normalized spacial score (nSPS) is 13.0. The molecule has 0 saturated heterocycles. The van der Waals surface area contributed by atoms with Crippen LogP contribution < -0.4 is 21.5 Å². The number of benzene rings is 3. The number of unbranched alkanes of at least 4 members (excludes halogenated alkanes) is 1. The van der Waals surface area contributed by atoms with Crippen molar-refractivity contribution in [2.75, 3.05) is 13.2 Å². The van der Waals surface area contributed by atoms with E-state index in [2.05, 4.69) is 29.6 Å². The standard InChI is InChI=1S/C25H31N3O2/c26-15-7-6-12-24(27)25(29)28-22(16-19-8-2-1-3-9-19)18-30-23-14-13-20-10-4-5-11-21(20)17-23/h1-5,8-11,13-14,17,22,24H,6-7,12,15-16,18,26-27H2,(H,28,29)/t22-,24-/m1/s1. The van der Waals surface area contributed by atoms with Gasteiger partial charge in [-0.2, -0.15) is 0 Å². The van der Waals surface area contributed by atoms with Crippen molar-refractivity contribution in [3.05, 3.63) is 78.4 Å². The van der Waals surface area contributed by atoms with Gasteiger partial charge in [-0.1, -0.05) is 67.1 Å². The number of hydrogen-bond acceptors (Lipinski definition) is 4. The highest BCUT2D eigenvalue weighted by Crippen LogP contribution is 2.21. The van der Waals surface area contributed by atoms with Crippen LogP contribution in [0.25, 0.3) is 10.8 Å². The average Bonchev–Trinajstić information content (AvgIpc) is 2.78. The van der Waals surface area contributed by atoms with Crippen LogP contribution in [0.15, 0.2) is 72.8 Å². The van der Waals surface area contributed by atoms with Crippen molar-refractivity contribution in [1.82, 2.24) is 5.32 Å². The van der Waals surface area contributed by atoms with Gasteiger partial charge in [0.25, 0.3) is 0 Å². The summed E-state index contributed by atoms with van der Waals surface area (Å²) in [6.45, 7) is 0.985. The molecule has 0 spiro atoms. The van der Waals surface area contributed by atoms with Crippen molar-refractivity contribution in [2.24, 2.45) is 11.5 Å². The third-order valence-corrected chi connectivity index (χ3v) is 5.15. The van der Waals surface area contributed by atoms with Gasteiger partial charge in [0.15, 0.2) is 0 Å². The van der Waals surface area contributed by atoms with E-state index >= 15 is 0 Å². The van der Waals surface area contributed by atoms with E-state index < -0.39 is 6.04 Å². The molecular weight excluding hydrogens is 374 g/mol. The summed E-state index contributed by atoms with van der Waals surface area (Å²) in [6.07, 6.45) is 3.03. The molecule has 5 heteroatoms. The second-order valence-corrected chi connectivity index (χ2v) is 7.61. The molecule has 0 aromatic heterocycles. The van der Waals surface area contributed by atoms with Crippen LogP contribution in [0.3, 0.4) is 0 Å². The van der Waals surface area contributed by atoms with Gasteiger partial charge in [0.05, 0.1) is 12.1 Å². The molecule has 0 fully saturated rings. The van der Waals surface area contributed by atoms with E-state index in [1.807, 2.05) is 48.5 Å². The number of carbonyl (C=O) groups is 1. The minimum atomic E-state index is -0.532. The van der Waals surface area contributed by atoms with E-state index in [0.29, 0.717) is 26.0 Å². The zero-order valence-corrected chi connectivity index (χ0v) is 17.3. The first-order valence-electron chi connectivity index (χ1n) is 10.6. The molecule has 3 rings (SSSR count). The van der Waals surface area contributed by atoms with Crippen molar-refractivity contribution in [1.29, 1.82) is 0 Å². The zero-order valence-electron chi connectivity index (χ0n) is 17.3. The van der Waals surface area contributed by atoms with Crippen molar-refractivity contribution in [2.45, 2.75) is 37.8 Å². The first kappa shape index (κ1) is 21.8. The van der Waals surface area contributed by atoms with Crippen molar-refractivity contribution in [3.8, 4) is 5.75 Å². The molecular formula is C25H31N3O2. The number of ether oxygens (including phenoxy) is 1. The maximum atomic E-state index is 12.6.